The van der Waals surface area contributed by atoms with Gasteiger partial charge in [-0.2, -0.15) is 5.10 Å². The van der Waals surface area contributed by atoms with E-state index in [1.807, 2.05) is 42.2 Å². The second-order valence-corrected chi connectivity index (χ2v) is 7.15. The van der Waals surface area contributed by atoms with Crippen LogP contribution in [0.5, 0.6) is 0 Å². The van der Waals surface area contributed by atoms with E-state index in [0.717, 1.165) is 48.8 Å². The van der Waals surface area contributed by atoms with Crippen molar-refractivity contribution in [1.82, 2.24) is 19.7 Å². The minimum atomic E-state index is -0.235. The number of rotatable bonds is 4. The summed E-state index contributed by atoms with van der Waals surface area (Å²) in [4.78, 5) is 31.5. The molecule has 0 atom stereocenters. The maximum absolute atomic E-state index is 13.0. The summed E-state index contributed by atoms with van der Waals surface area (Å²) in [6.45, 7) is 3.48. The molecule has 0 radical (unpaired) electrons. The number of fused-ring (bicyclic) bond motifs is 1. The molecule has 3 heterocycles. The summed E-state index contributed by atoms with van der Waals surface area (Å²) in [5.74, 6) is 0.202. The summed E-state index contributed by atoms with van der Waals surface area (Å²) in [5, 5.41) is 8.06. The van der Waals surface area contributed by atoms with Crippen molar-refractivity contribution < 1.29 is 9.59 Å². The van der Waals surface area contributed by atoms with Crippen molar-refractivity contribution in [1.29, 1.82) is 0 Å². The molecule has 28 heavy (non-hydrogen) atoms. The normalized spacial score (nSPS) is 14.2. The molecule has 3 aromatic rings. The van der Waals surface area contributed by atoms with Gasteiger partial charge < -0.3 is 10.2 Å². The summed E-state index contributed by atoms with van der Waals surface area (Å²) in [5.41, 5.74) is 2.21. The Morgan fingerprint density at radius 1 is 1.07 bits per heavy atom. The van der Waals surface area contributed by atoms with Gasteiger partial charge >= 0.3 is 0 Å². The first-order valence-electron chi connectivity index (χ1n) is 9.59. The number of amides is 2. The molecule has 1 saturated heterocycles. The zero-order valence-corrected chi connectivity index (χ0v) is 15.9. The zero-order chi connectivity index (χ0) is 19.5. The third-order valence-electron chi connectivity index (χ3n) is 4.98. The van der Waals surface area contributed by atoms with Gasteiger partial charge in [0.1, 0.15) is 12.4 Å². The van der Waals surface area contributed by atoms with E-state index in [2.05, 4.69) is 15.4 Å². The highest BCUT2D eigenvalue weighted by Crippen LogP contribution is 2.21. The molecule has 2 amide bonds. The van der Waals surface area contributed by atoms with Gasteiger partial charge in [0.15, 0.2) is 5.69 Å². The highest BCUT2D eigenvalue weighted by Gasteiger charge is 2.24. The van der Waals surface area contributed by atoms with Crippen molar-refractivity contribution in [2.75, 3.05) is 18.4 Å². The quantitative estimate of drug-likeness (QED) is 0.758. The van der Waals surface area contributed by atoms with E-state index in [4.69, 9.17) is 0 Å². The molecule has 1 aromatic carbocycles. The number of nitrogens with zero attached hydrogens (tertiary/aromatic N) is 4. The maximum atomic E-state index is 13.0. The van der Waals surface area contributed by atoms with Crippen LogP contribution in [0.25, 0.3) is 10.9 Å². The third-order valence-corrected chi connectivity index (χ3v) is 4.98. The minimum absolute atomic E-state index is 0.0172. The van der Waals surface area contributed by atoms with Gasteiger partial charge in [0.05, 0.1) is 5.52 Å². The maximum Gasteiger partial charge on any atom is 0.275 e. The van der Waals surface area contributed by atoms with Crippen LogP contribution in [0.4, 0.5) is 5.82 Å². The van der Waals surface area contributed by atoms with Gasteiger partial charge in [0, 0.05) is 24.7 Å². The number of likely N-dealkylation sites (tertiary alicyclic amines) is 1. The van der Waals surface area contributed by atoms with Crippen LogP contribution < -0.4 is 5.32 Å². The SMILES string of the molecule is Cc1ccc(NC(=O)Cn2nc(C(=O)N3CCCCC3)c3ccccc32)nc1. The van der Waals surface area contributed by atoms with E-state index in [1.165, 1.54) is 0 Å². The van der Waals surface area contributed by atoms with Crippen LogP contribution in [-0.2, 0) is 11.3 Å². The summed E-state index contributed by atoms with van der Waals surface area (Å²) in [6, 6.07) is 11.2. The highest BCUT2D eigenvalue weighted by atomic mass is 16.2. The van der Waals surface area contributed by atoms with Crippen molar-refractivity contribution in [3.63, 3.8) is 0 Å². The molecule has 0 aliphatic carbocycles. The standard InChI is InChI=1S/C21H23N5O2/c1-15-9-10-18(22-13-15)23-19(27)14-26-17-8-4-3-7-16(17)20(24-26)21(28)25-11-5-2-6-12-25/h3-4,7-10,13H,2,5-6,11-12,14H2,1H3,(H,22,23,27). The molecule has 1 fully saturated rings. The summed E-state index contributed by atoms with van der Waals surface area (Å²) in [6.07, 6.45) is 4.91. The Balaban J connectivity index is 1.58. The monoisotopic (exact) mass is 377 g/mol. The molecule has 0 saturated carbocycles. The Hall–Kier alpha value is -3.22. The van der Waals surface area contributed by atoms with Gasteiger partial charge in [0.25, 0.3) is 5.91 Å². The molecular formula is C21H23N5O2. The van der Waals surface area contributed by atoms with Gasteiger partial charge in [-0.05, 0) is 43.9 Å². The van der Waals surface area contributed by atoms with E-state index >= 15 is 0 Å². The van der Waals surface area contributed by atoms with Crippen LogP contribution in [0.15, 0.2) is 42.6 Å². The van der Waals surface area contributed by atoms with Crippen molar-refractivity contribution >= 4 is 28.5 Å². The van der Waals surface area contributed by atoms with Crippen LogP contribution in [-0.4, -0.2) is 44.6 Å². The molecule has 1 aliphatic rings. The Morgan fingerprint density at radius 3 is 2.61 bits per heavy atom. The lowest BCUT2D eigenvalue weighted by Crippen LogP contribution is -2.36. The lowest BCUT2D eigenvalue weighted by atomic mass is 10.1. The van der Waals surface area contributed by atoms with Gasteiger partial charge in [-0.25, -0.2) is 4.98 Å². The number of aromatic nitrogens is 3. The van der Waals surface area contributed by atoms with E-state index in [9.17, 15) is 9.59 Å². The molecule has 1 aliphatic heterocycles. The average Bonchev–Trinajstić information content (AvgIpc) is 3.08. The lowest BCUT2D eigenvalue weighted by molar-refractivity contribution is -0.116. The summed E-state index contributed by atoms with van der Waals surface area (Å²) < 4.78 is 1.59. The number of piperidine rings is 1. The Morgan fingerprint density at radius 2 is 1.86 bits per heavy atom. The molecule has 0 spiro atoms. The number of carbonyl (C=O) groups is 2. The predicted molar refractivity (Wildman–Crippen MR) is 107 cm³/mol. The largest absolute Gasteiger partial charge is 0.337 e. The van der Waals surface area contributed by atoms with E-state index in [1.54, 1.807) is 16.9 Å². The smallest absolute Gasteiger partial charge is 0.275 e. The molecule has 1 N–H and O–H groups in total. The van der Waals surface area contributed by atoms with E-state index < -0.39 is 0 Å². The Bertz CT molecular complexity index is 1000. The first-order valence-corrected chi connectivity index (χ1v) is 9.59. The van der Waals surface area contributed by atoms with Crippen molar-refractivity contribution in [2.45, 2.75) is 32.7 Å². The van der Waals surface area contributed by atoms with E-state index in [-0.39, 0.29) is 18.4 Å². The number of aryl methyl sites for hydroxylation is 1. The van der Waals surface area contributed by atoms with Crippen LogP contribution >= 0.6 is 0 Å². The summed E-state index contributed by atoms with van der Waals surface area (Å²) in [7, 11) is 0. The molecule has 2 aromatic heterocycles. The number of hydrogen-bond acceptors (Lipinski definition) is 4. The van der Waals surface area contributed by atoms with Gasteiger partial charge in [-0.15, -0.1) is 0 Å². The number of hydrogen-bond donors (Lipinski definition) is 1. The topological polar surface area (TPSA) is 80.1 Å². The molecule has 7 heteroatoms. The number of anilines is 1. The second-order valence-electron chi connectivity index (χ2n) is 7.15. The first kappa shape index (κ1) is 18.2. The van der Waals surface area contributed by atoms with Crippen molar-refractivity contribution in [3.05, 3.63) is 53.9 Å². The van der Waals surface area contributed by atoms with Crippen LogP contribution in [0.3, 0.4) is 0 Å². The van der Waals surface area contributed by atoms with E-state index in [0.29, 0.717) is 11.5 Å². The van der Waals surface area contributed by atoms with Crippen LogP contribution in [0.1, 0.15) is 35.3 Å². The third kappa shape index (κ3) is 3.74. The number of benzene rings is 1. The van der Waals surface area contributed by atoms with Crippen LogP contribution in [0.2, 0.25) is 0 Å². The lowest BCUT2D eigenvalue weighted by Gasteiger charge is -2.25. The average molecular weight is 377 g/mol. The highest BCUT2D eigenvalue weighted by molar-refractivity contribution is 6.05. The Labute approximate surface area is 163 Å². The second kappa shape index (κ2) is 7.80. The molecular weight excluding hydrogens is 354 g/mol. The fourth-order valence-corrected chi connectivity index (χ4v) is 3.51. The first-order chi connectivity index (χ1) is 13.6. The molecule has 144 valence electrons. The minimum Gasteiger partial charge on any atom is -0.337 e. The number of nitrogens with one attached hydrogen (secondary N) is 1. The number of pyridine rings is 1. The molecule has 0 unspecified atom stereocenters. The van der Waals surface area contributed by atoms with Crippen molar-refractivity contribution in [3.8, 4) is 0 Å². The van der Waals surface area contributed by atoms with Gasteiger partial charge in [-0.1, -0.05) is 24.3 Å². The molecule has 4 rings (SSSR count). The fraction of sp³-hybridized carbons (Fsp3) is 0.333. The van der Waals surface area contributed by atoms with Gasteiger partial charge in [0.2, 0.25) is 5.91 Å². The van der Waals surface area contributed by atoms with Crippen molar-refractivity contribution in [2.24, 2.45) is 0 Å². The van der Waals surface area contributed by atoms with Crippen LogP contribution in [0, 0.1) is 6.92 Å². The zero-order valence-electron chi connectivity index (χ0n) is 15.9. The van der Waals surface area contributed by atoms with Gasteiger partial charge in [-0.3, -0.25) is 14.3 Å². The fourth-order valence-electron chi connectivity index (χ4n) is 3.51. The predicted octanol–water partition coefficient (Wildman–Crippen LogP) is 3.00. The number of carbonyl (C=O) groups excluding carboxylic acids is 2. The number of para-hydroxylation sites is 1. The molecule has 0 bridgehead atoms. The Kier molecular flexibility index (Phi) is 5.06. The summed E-state index contributed by atoms with van der Waals surface area (Å²) >= 11 is 0. The molecule has 7 nitrogen and oxygen atoms in total.